The van der Waals surface area contributed by atoms with Crippen molar-refractivity contribution in [2.75, 3.05) is 19.0 Å². The van der Waals surface area contributed by atoms with Crippen LogP contribution in [0.25, 0.3) is 11.0 Å². The Morgan fingerprint density at radius 2 is 1.89 bits per heavy atom. The van der Waals surface area contributed by atoms with E-state index in [-0.39, 0.29) is 23.5 Å². The molecule has 0 unspecified atom stereocenters. The summed E-state index contributed by atoms with van der Waals surface area (Å²) in [6, 6.07) is 13.3. The van der Waals surface area contributed by atoms with Gasteiger partial charge in [-0.25, -0.2) is 9.79 Å². The van der Waals surface area contributed by atoms with Crippen LogP contribution < -0.4 is 15.6 Å². The molecule has 8 nitrogen and oxygen atoms in total. The Hall–Kier alpha value is -4.11. The summed E-state index contributed by atoms with van der Waals surface area (Å²) in [5, 5.41) is 13.9. The van der Waals surface area contributed by atoms with Crippen molar-refractivity contribution in [3.8, 4) is 11.5 Å². The number of thiophene rings is 1. The highest BCUT2D eigenvalue weighted by atomic mass is 32.1. The van der Waals surface area contributed by atoms with Crippen molar-refractivity contribution in [3.05, 3.63) is 75.7 Å². The number of nitrogens with zero attached hydrogens (tertiary/aromatic N) is 1. The van der Waals surface area contributed by atoms with Crippen LogP contribution in [-0.2, 0) is 17.6 Å². The number of carbonyl (C=O) groups is 2. The second-order valence-electron chi connectivity index (χ2n) is 8.59. The monoisotopic (exact) mass is 518 g/mol. The molecule has 0 saturated heterocycles. The van der Waals surface area contributed by atoms with Gasteiger partial charge in [0.2, 0.25) is 5.55 Å². The van der Waals surface area contributed by atoms with Crippen molar-refractivity contribution in [2.45, 2.75) is 32.6 Å². The standard InChI is InChI=1S/C28H26N2O6S/c1-3-35-28(33)24-20-6-4-5-7-23(20)37-27(24)30-26-21(14-16-8-11-18(31)15-22(16)36-26)25(32)29-17-9-12-19(34-2)13-10-17/h8-15,31H,3-7H2,1-2H3,(H,29,32). The number of aromatic hydroxyl groups is 1. The van der Waals surface area contributed by atoms with Crippen LogP contribution in [0.15, 0.2) is 57.9 Å². The zero-order valence-electron chi connectivity index (χ0n) is 20.5. The van der Waals surface area contributed by atoms with Gasteiger partial charge in [-0.05, 0) is 80.6 Å². The van der Waals surface area contributed by atoms with Gasteiger partial charge in [-0.1, -0.05) is 0 Å². The number of esters is 1. The molecule has 190 valence electrons. The highest BCUT2D eigenvalue weighted by Gasteiger charge is 2.27. The lowest BCUT2D eigenvalue weighted by Crippen LogP contribution is -2.21. The van der Waals surface area contributed by atoms with Crippen molar-refractivity contribution in [1.82, 2.24) is 0 Å². The number of ether oxygens (including phenoxy) is 2. The van der Waals surface area contributed by atoms with Crippen LogP contribution in [0.4, 0.5) is 10.7 Å². The highest BCUT2D eigenvalue weighted by Crippen LogP contribution is 2.40. The normalized spacial score (nSPS) is 13.3. The molecule has 4 aromatic rings. The first-order chi connectivity index (χ1) is 18.0. The third-order valence-corrected chi connectivity index (χ3v) is 7.35. The summed E-state index contributed by atoms with van der Waals surface area (Å²) in [5.41, 5.74) is 2.56. The van der Waals surface area contributed by atoms with E-state index in [4.69, 9.17) is 18.9 Å². The SMILES string of the molecule is CCOC(=O)c1c(N=c2oc3cc(O)ccc3cc2C(=O)Nc2ccc(OC)cc2)sc2c1CCCC2. The van der Waals surface area contributed by atoms with Crippen LogP contribution in [0.3, 0.4) is 0 Å². The number of phenolic OH excluding ortho intramolecular Hbond substituents is 1. The number of benzene rings is 2. The molecule has 37 heavy (non-hydrogen) atoms. The molecular formula is C28H26N2O6S. The van der Waals surface area contributed by atoms with Crippen molar-refractivity contribution < 1.29 is 28.6 Å². The van der Waals surface area contributed by atoms with Gasteiger partial charge in [0.25, 0.3) is 5.91 Å². The lowest BCUT2D eigenvalue weighted by Gasteiger charge is -2.11. The molecule has 0 atom stereocenters. The minimum atomic E-state index is -0.429. The second-order valence-corrected chi connectivity index (χ2v) is 9.68. The molecule has 1 aliphatic carbocycles. The molecule has 2 aromatic heterocycles. The van der Waals surface area contributed by atoms with Gasteiger partial charge in [0.05, 0.1) is 19.3 Å². The number of hydrogen-bond donors (Lipinski definition) is 2. The van der Waals surface area contributed by atoms with Crippen molar-refractivity contribution in [2.24, 2.45) is 4.99 Å². The third kappa shape index (κ3) is 5.08. The van der Waals surface area contributed by atoms with Crippen LogP contribution in [0, 0.1) is 0 Å². The van der Waals surface area contributed by atoms with E-state index in [0.717, 1.165) is 36.1 Å². The lowest BCUT2D eigenvalue weighted by molar-refractivity contribution is 0.0526. The first-order valence-corrected chi connectivity index (χ1v) is 12.9. The summed E-state index contributed by atoms with van der Waals surface area (Å²) in [7, 11) is 1.57. The van der Waals surface area contributed by atoms with E-state index in [0.29, 0.717) is 33.0 Å². The van der Waals surface area contributed by atoms with E-state index in [1.807, 2.05) is 0 Å². The van der Waals surface area contributed by atoms with E-state index < -0.39 is 11.9 Å². The molecule has 0 fully saturated rings. The predicted molar refractivity (Wildman–Crippen MR) is 141 cm³/mol. The molecule has 0 aliphatic heterocycles. The van der Waals surface area contributed by atoms with Gasteiger partial charge in [0, 0.05) is 22.0 Å². The molecule has 1 amide bonds. The van der Waals surface area contributed by atoms with Gasteiger partial charge < -0.3 is 24.3 Å². The topological polar surface area (TPSA) is 110 Å². The van der Waals surface area contributed by atoms with Gasteiger partial charge in [-0.2, -0.15) is 0 Å². The lowest BCUT2D eigenvalue weighted by atomic mass is 9.95. The zero-order chi connectivity index (χ0) is 25.9. The molecule has 0 saturated carbocycles. The summed E-state index contributed by atoms with van der Waals surface area (Å²) in [5.74, 6) is -0.163. The minimum absolute atomic E-state index is 0.0245. The Morgan fingerprint density at radius 3 is 2.65 bits per heavy atom. The first-order valence-electron chi connectivity index (χ1n) is 12.1. The number of carbonyl (C=O) groups excluding carboxylic acids is 2. The van der Waals surface area contributed by atoms with Gasteiger partial charge >= 0.3 is 5.97 Å². The van der Waals surface area contributed by atoms with E-state index in [2.05, 4.69) is 5.32 Å². The zero-order valence-corrected chi connectivity index (χ0v) is 21.3. The number of methoxy groups -OCH3 is 1. The van der Waals surface area contributed by atoms with E-state index in [1.165, 1.54) is 23.5 Å². The number of aryl methyl sites for hydroxylation is 1. The summed E-state index contributed by atoms with van der Waals surface area (Å²) < 4.78 is 16.6. The smallest absolute Gasteiger partial charge is 0.341 e. The average Bonchev–Trinajstić information content (AvgIpc) is 3.26. The summed E-state index contributed by atoms with van der Waals surface area (Å²) in [6.07, 6.45) is 3.69. The Morgan fingerprint density at radius 1 is 1.11 bits per heavy atom. The maximum atomic E-state index is 13.4. The number of hydrogen-bond acceptors (Lipinski definition) is 8. The van der Waals surface area contributed by atoms with Crippen LogP contribution >= 0.6 is 11.3 Å². The Kier molecular flexibility index (Phi) is 6.96. The number of nitrogens with one attached hydrogen (secondary N) is 1. The van der Waals surface area contributed by atoms with E-state index >= 15 is 0 Å². The first kappa shape index (κ1) is 24.6. The summed E-state index contributed by atoms with van der Waals surface area (Å²) >= 11 is 1.43. The number of anilines is 1. The van der Waals surface area contributed by atoms with Crippen LogP contribution in [0.2, 0.25) is 0 Å². The molecule has 2 aromatic carbocycles. The molecule has 9 heteroatoms. The Balaban J connectivity index is 1.66. The van der Waals surface area contributed by atoms with Gasteiger partial charge in [0.15, 0.2) is 0 Å². The quantitative estimate of drug-likeness (QED) is 0.315. The molecule has 2 N–H and O–H groups in total. The van der Waals surface area contributed by atoms with Crippen LogP contribution in [0.1, 0.15) is 50.9 Å². The fraction of sp³-hybridized carbons (Fsp3) is 0.250. The maximum Gasteiger partial charge on any atom is 0.341 e. The number of fused-ring (bicyclic) bond motifs is 2. The fourth-order valence-electron chi connectivity index (χ4n) is 4.36. The molecule has 0 radical (unpaired) electrons. The fourth-order valence-corrected chi connectivity index (χ4v) is 5.61. The van der Waals surface area contributed by atoms with E-state index in [9.17, 15) is 14.7 Å². The van der Waals surface area contributed by atoms with Gasteiger partial charge in [-0.3, -0.25) is 4.79 Å². The molecule has 5 rings (SSSR count). The summed E-state index contributed by atoms with van der Waals surface area (Å²) in [6.45, 7) is 2.01. The molecule has 1 aliphatic rings. The summed E-state index contributed by atoms with van der Waals surface area (Å²) in [4.78, 5) is 32.2. The van der Waals surface area contributed by atoms with Crippen molar-refractivity contribution >= 4 is 44.9 Å². The minimum Gasteiger partial charge on any atom is -0.508 e. The molecule has 0 spiro atoms. The molecule has 0 bridgehead atoms. The molecule has 2 heterocycles. The van der Waals surface area contributed by atoms with Gasteiger partial charge in [0.1, 0.15) is 27.6 Å². The highest BCUT2D eigenvalue weighted by molar-refractivity contribution is 7.16. The van der Waals surface area contributed by atoms with E-state index in [1.54, 1.807) is 50.4 Å². The second kappa shape index (κ2) is 10.5. The van der Waals surface area contributed by atoms with Crippen LogP contribution in [-0.4, -0.2) is 30.7 Å². The maximum absolute atomic E-state index is 13.4. The Bertz CT molecular complexity index is 1550. The third-order valence-electron chi connectivity index (χ3n) is 6.16. The predicted octanol–water partition coefficient (Wildman–Crippen LogP) is 5.75. The average molecular weight is 519 g/mol. The van der Waals surface area contributed by atoms with Crippen molar-refractivity contribution in [1.29, 1.82) is 0 Å². The van der Waals surface area contributed by atoms with Crippen LogP contribution in [0.5, 0.6) is 11.5 Å². The number of amides is 1. The van der Waals surface area contributed by atoms with Gasteiger partial charge in [-0.15, -0.1) is 11.3 Å². The molecular weight excluding hydrogens is 492 g/mol. The number of phenols is 1. The Labute approximate surface area is 217 Å². The largest absolute Gasteiger partial charge is 0.508 e. The van der Waals surface area contributed by atoms with Crippen molar-refractivity contribution in [3.63, 3.8) is 0 Å². The number of rotatable bonds is 6.